The zero-order valence-electron chi connectivity index (χ0n) is 13.8. The van der Waals surface area contributed by atoms with Crippen LogP contribution in [0.1, 0.15) is 23.3 Å². The Morgan fingerprint density at radius 1 is 1.17 bits per heavy atom. The Balaban J connectivity index is 1.76. The summed E-state index contributed by atoms with van der Waals surface area (Å²) in [5.41, 5.74) is 1.57. The number of hydrogen-bond acceptors (Lipinski definition) is 4. The number of furan rings is 1. The van der Waals surface area contributed by atoms with Gasteiger partial charge < -0.3 is 9.73 Å². The molecule has 1 aromatic heterocycles. The number of sulfonamides is 1. The van der Waals surface area contributed by atoms with Crippen molar-refractivity contribution in [2.75, 3.05) is 13.1 Å². The van der Waals surface area contributed by atoms with Gasteiger partial charge in [-0.25, -0.2) is 13.1 Å². The standard InChI is InChI=1S/C17H22N2O4S/c1-13-5-6-14(2)16(12-13)24(21,22)19-10-9-18-17(20)8-7-15-4-3-11-23-15/h3-6,11-12,19H,7-10H2,1-2H3,(H,18,20). The van der Waals surface area contributed by atoms with Gasteiger partial charge in [0.25, 0.3) is 0 Å². The van der Waals surface area contributed by atoms with E-state index in [0.717, 1.165) is 11.3 Å². The molecule has 0 radical (unpaired) electrons. The number of carbonyl (C=O) groups is 1. The quantitative estimate of drug-likeness (QED) is 0.712. The zero-order valence-corrected chi connectivity index (χ0v) is 14.7. The van der Waals surface area contributed by atoms with Crippen molar-refractivity contribution in [2.45, 2.75) is 31.6 Å². The monoisotopic (exact) mass is 350 g/mol. The molecule has 0 saturated heterocycles. The second-order valence-corrected chi connectivity index (χ2v) is 7.33. The van der Waals surface area contributed by atoms with Gasteiger partial charge in [-0.2, -0.15) is 0 Å². The highest BCUT2D eigenvalue weighted by molar-refractivity contribution is 7.89. The minimum absolute atomic E-state index is 0.141. The van der Waals surface area contributed by atoms with Gasteiger partial charge in [0.2, 0.25) is 15.9 Å². The molecule has 0 unspecified atom stereocenters. The molecule has 2 N–H and O–H groups in total. The molecule has 1 heterocycles. The van der Waals surface area contributed by atoms with Crippen molar-refractivity contribution in [3.63, 3.8) is 0 Å². The van der Waals surface area contributed by atoms with Crippen LogP contribution < -0.4 is 10.0 Å². The average Bonchev–Trinajstić information content (AvgIpc) is 3.05. The summed E-state index contributed by atoms with van der Waals surface area (Å²) in [6, 6.07) is 8.87. The van der Waals surface area contributed by atoms with Gasteiger partial charge in [0.05, 0.1) is 11.2 Å². The number of amides is 1. The molecule has 1 aromatic carbocycles. The van der Waals surface area contributed by atoms with E-state index in [1.54, 1.807) is 31.4 Å². The lowest BCUT2D eigenvalue weighted by Gasteiger charge is -2.10. The number of benzene rings is 1. The smallest absolute Gasteiger partial charge is 0.240 e. The zero-order chi connectivity index (χ0) is 17.6. The lowest BCUT2D eigenvalue weighted by molar-refractivity contribution is -0.121. The maximum Gasteiger partial charge on any atom is 0.240 e. The highest BCUT2D eigenvalue weighted by Crippen LogP contribution is 2.16. The Morgan fingerprint density at radius 2 is 1.96 bits per heavy atom. The first-order valence-corrected chi connectivity index (χ1v) is 9.23. The van der Waals surface area contributed by atoms with E-state index in [4.69, 9.17) is 4.42 Å². The fourth-order valence-electron chi connectivity index (χ4n) is 2.24. The molecule has 6 nitrogen and oxygen atoms in total. The summed E-state index contributed by atoms with van der Waals surface area (Å²) in [5.74, 6) is 0.609. The topological polar surface area (TPSA) is 88.4 Å². The van der Waals surface area contributed by atoms with Crippen LogP contribution in [-0.2, 0) is 21.2 Å². The number of hydrogen-bond donors (Lipinski definition) is 2. The number of carbonyl (C=O) groups excluding carboxylic acids is 1. The van der Waals surface area contributed by atoms with Gasteiger partial charge in [0.1, 0.15) is 5.76 Å². The largest absolute Gasteiger partial charge is 0.469 e. The summed E-state index contributed by atoms with van der Waals surface area (Å²) >= 11 is 0. The minimum Gasteiger partial charge on any atom is -0.469 e. The molecule has 0 fully saturated rings. The SMILES string of the molecule is Cc1ccc(C)c(S(=O)(=O)NCCNC(=O)CCc2ccco2)c1. The summed E-state index contributed by atoms with van der Waals surface area (Å²) < 4.78 is 32.2. The highest BCUT2D eigenvalue weighted by atomic mass is 32.2. The second kappa shape index (κ2) is 8.12. The van der Waals surface area contributed by atoms with E-state index < -0.39 is 10.0 Å². The molecule has 2 aromatic rings. The third-order valence-corrected chi connectivity index (χ3v) is 5.15. The van der Waals surface area contributed by atoms with Gasteiger partial charge in [0.15, 0.2) is 0 Å². The summed E-state index contributed by atoms with van der Waals surface area (Å²) in [6.45, 7) is 3.98. The van der Waals surface area contributed by atoms with Crippen LogP contribution in [0.4, 0.5) is 0 Å². The Labute approximate surface area is 142 Å². The van der Waals surface area contributed by atoms with Crippen LogP contribution in [0.15, 0.2) is 45.9 Å². The third-order valence-electron chi connectivity index (χ3n) is 3.55. The fraction of sp³-hybridized carbons (Fsp3) is 0.353. The predicted octanol–water partition coefficient (Wildman–Crippen LogP) is 1.92. The molecule has 1 amide bonds. The van der Waals surface area contributed by atoms with Crippen LogP contribution >= 0.6 is 0 Å². The van der Waals surface area contributed by atoms with Gasteiger partial charge in [-0.05, 0) is 43.2 Å². The van der Waals surface area contributed by atoms with Gasteiger partial charge in [0, 0.05) is 25.9 Å². The lowest BCUT2D eigenvalue weighted by atomic mass is 10.2. The number of rotatable bonds is 8. The maximum atomic E-state index is 12.3. The van der Waals surface area contributed by atoms with E-state index in [0.29, 0.717) is 18.4 Å². The molecule has 24 heavy (non-hydrogen) atoms. The fourth-order valence-corrected chi connectivity index (χ4v) is 3.60. The van der Waals surface area contributed by atoms with Crippen molar-refractivity contribution in [3.8, 4) is 0 Å². The molecule has 2 rings (SSSR count). The normalized spacial score (nSPS) is 11.4. The van der Waals surface area contributed by atoms with Gasteiger partial charge in [-0.15, -0.1) is 0 Å². The molecule has 7 heteroatoms. The Bertz CT molecular complexity index is 783. The molecular formula is C17H22N2O4S. The first-order chi connectivity index (χ1) is 11.4. The van der Waals surface area contributed by atoms with Crippen LogP contribution in [0.25, 0.3) is 0 Å². The molecule has 0 atom stereocenters. The van der Waals surface area contributed by atoms with E-state index >= 15 is 0 Å². The average molecular weight is 350 g/mol. The first-order valence-electron chi connectivity index (χ1n) is 7.74. The summed E-state index contributed by atoms with van der Waals surface area (Å²) in [6.07, 6.45) is 2.39. The van der Waals surface area contributed by atoms with E-state index in [1.165, 1.54) is 0 Å². The maximum absolute atomic E-state index is 12.3. The van der Waals surface area contributed by atoms with Crippen molar-refractivity contribution in [3.05, 3.63) is 53.5 Å². The van der Waals surface area contributed by atoms with Crippen LogP contribution in [0.3, 0.4) is 0 Å². The summed E-state index contributed by atoms with van der Waals surface area (Å²) in [7, 11) is -3.58. The summed E-state index contributed by atoms with van der Waals surface area (Å²) in [4.78, 5) is 12.0. The Kier molecular flexibility index (Phi) is 6.16. The lowest BCUT2D eigenvalue weighted by Crippen LogP contribution is -2.35. The highest BCUT2D eigenvalue weighted by Gasteiger charge is 2.16. The first kappa shape index (κ1) is 18.2. The predicted molar refractivity (Wildman–Crippen MR) is 91.1 cm³/mol. The van der Waals surface area contributed by atoms with Crippen molar-refractivity contribution in [1.82, 2.24) is 10.0 Å². The Hall–Kier alpha value is -2.12. The summed E-state index contributed by atoms with van der Waals surface area (Å²) in [5, 5.41) is 2.69. The molecule has 0 aliphatic heterocycles. The van der Waals surface area contributed by atoms with Crippen molar-refractivity contribution in [2.24, 2.45) is 0 Å². The molecule has 0 bridgehead atoms. The molecular weight excluding hydrogens is 328 g/mol. The van der Waals surface area contributed by atoms with Crippen LogP contribution in [-0.4, -0.2) is 27.4 Å². The van der Waals surface area contributed by atoms with E-state index in [2.05, 4.69) is 10.0 Å². The third kappa shape index (κ3) is 5.21. The van der Waals surface area contributed by atoms with Crippen LogP contribution in [0.2, 0.25) is 0 Å². The minimum atomic E-state index is -3.58. The molecule has 0 saturated carbocycles. The van der Waals surface area contributed by atoms with Crippen molar-refractivity contribution >= 4 is 15.9 Å². The molecule has 0 aliphatic rings. The second-order valence-electron chi connectivity index (χ2n) is 5.60. The van der Waals surface area contributed by atoms with Gasteiger partial charge in [-0.1, -0.05) is 12.1 Å². The van der Waals surface area contributed by atoms with Crippen LogP contribution in [0.5, 0.6) is 0 Å². The number of aryl methyl sites for hydroxylation is 3. The van der Waals surface area contributed by atoms with Crippen molar-refractivity contribution < 1.29 is 17.6 Å². The van der Waals surface area contributed by atoms with E-state index in [-0.39, 0.29) is 23.9 Å². The van der Waals surface area contributed by atoms with Crippen LogP contribution in [0, 0.1) is 13.8 Å². The van der Waals surface area contributed by atoms with Crippen molar-refractivity contribution in [1.29, 1.82) is 0 Å². The van der Waals surface area contributed by atoms with Gasteiger partial charge >= 0.3 is 0 Å². The Morgan fingerprint density at radius 3 is 2.67 bits per heavy atom. The van der Waals surface area contributed by atoms with E-state index in [1.807, 2.05) is 19.1 Å². The number of nitrogens with one attached hydrogen (secondary N) is 2. The van der Waals surface area contributed by atoms with E-state index in [9.17, 15) is 13.2 Å². The van der Waals surface area contributed by atoms with Gasteiger partial charge in [-0.3, -0.25) is 4.79 Å². The molecule has 0 aliphatic carbocycles. The molecule has 0 spiro atoms. The molecule has 130 valence electrons.